The Kier molecular flexibility index (Phi) is 7.44. The number of aryl methyl sites for hydroxylation is 6. The van der Waals surface area contributed by atoms with Crippen LogP contribution in [0.4, 0.5) is 0 Å². The lowest BCUT2D eigenvalue weighted by Gasteiger charge is -2.20. The smallest absolute Gasteiger partial charge is 0.135 e. The van der Waals surface area contributed by atoms with Crippen LogP contribution in [0, 0.1) is 48.5 Å². The maximum absolute atomic E-state index is 6.49. The lowest BCUT2D eigenvalue weighted by molar-refractivity contribution is 0.484. The van der Waals surface area contributed by atoms with Crippen LogP contribution in [0.25, 0.3) is 22.3 Å². The molecule has 5 rings (SSSR count). The monoisotopic (exact) mass is 510 g/mol. The van der Waals surface area contributed by atoms with E-state index in [2.05, 4.69) is 127 Å². The highest BCUT2D eigenvalue weighted by Crippen LogP contribution is 2.42. The zero-order valence-corrected chi connectivity index (χ0v) is 24.3. The van der Waals surface area contributed by atoms with Gasteiger partial charge in [0.2, 0.25) is 0 Å². The van der Waals surface area contributed by atoms with E-state index < -0.39 is 0 Å². The Morgan fingerprint density at radius 3 is 1.74 bits per heavy atom. The highest BCUT2D eigenvalue weighted by molar-refractivity contribution is 5.88. The highest BCUT2D eigenvalue weighted by atomic mass is 16.5. The third-order valence-corrected chi connectivity index (χ3v) is 7.91. The van der Waals surface area contributed by atoms with Gasteiger partial charge in [-0.3, -0.25) is 0 Å². The SMILES string of the molecule is Cc1ccc(Cc2cc(-c3cc(C)c(C)cc3-c3cc(C)ccc3Oc3ccc(C)cc3)cc(C)c2C)cc1. The molecule has 196 valence electrons. The summed E-state index contributed by atoms with van der Waals surface area (Å²) in [4.78, 5) is 0. The lowest BCUT2D eigenvalue weighted by atomic mass is 9.86. The van der Waals surface area contributed by atoms with Crippen molar-refractivity contribution in [2.45, 2.75) is 54.9 Å². The molecule has 0 fully saturated rings. The van der Waals surface area contributed by atoms with Crippen LogP contribution < -0.4 is 4.74 Å². The van der Waals surface area contributed by atoms with Gasteiger partial charge in [-0.2, -0.15) is 0 Å². The molecule has 5 aromatic carbocycles. The topological polar surface area (TPSA) is 9.23 Å². The molecule has 0 atom stereocenters. The Balaban J connectivity index is 1.65. The van der Waals surface area contributed by atoms with Gasteiger partial charge in [-0.25, -0.2) is 0 Å². The summed E-state index contributed by atoms with van der Waals surface area (Å²) in [6.07, 6.45) is 0.924. The lowest BCUT2D eigenvalue weighted by Crippen LogP contribution is -1.98. The van der Waals surface area contributed by atoms with E-state index in [1.165, 1.54) is 66.8 Å². The van der Waals surface area contributed by atoms with Gasteiger partial charge >= 0.3 is 0 Å². The molecule has 0 heterocycles. The summed E-state index contributed by atoms with van der Waals surface area (Å²) in [6, 6.07) is 33.1. The molecule has 0 saturated carbocycles. The number of ether oxygens (including phenoxy) is 1. The van der Waals surface area contributed by atoms with Crippen LogP contribution in [0.1, 0.15) is 50.1 Å². The number of benzene rings is 5. The van der Waals surface area contributed by atoms with Crippen LogP contribution in [-0.2, 0) is 6.42 Å². The van der Waals surface area contributed by atoms with E-state index >= 15 is 0 Å². The number of hydrogen-bond acceptors (Lipinski definition) is 1. The van der Waals surface area contributed by atoms with Gasteiger partial charge in [0.25, 0.3) is 0 Å². The fourth-order valence-electron chi connectivity index (χ4n) is 5.15. The van der Waals surface area contributed by atoms with Gasteiger partial charge in [0.05, 0.1) is 0 Å². The van der Waals surface area contributed by atoms with E-state index in [9.17, 15) is 0 Å². The molecule has 1 nitrogen and oxygen atoms in total. The molecule has 0 bridgehead atoms. The van der Waals surface area contributed by atoms with Gasteiger partial charge < -0.3 is 4.74 Å². The zero-order chi connectivity index (χ0) is 27.7. The van der Waals surface area contributed by atoms with E-state index in [-0.39, 0.29) is 0 Å². The van der Waals surface area contributed by atoms with Crippen molar-refractivity contribution in [3.05, 3.63) is 141 Å². The molecule has 0 radical (unpaired) electrons. The fourth-order valence-corrected chi connectivity index (χ4v) is 5.15. The molecule has 0 spiro atoms. The molecule has 5 aromatic rings. The number of hydrogen-bond donors (Lipinski definition) is 0. The minimum absolute atomic E-state index is 0.850. The fraction of sp³-hybridized carbons (Fsp3) is 0.211. The predicted molar refractivity (Wildman–Crippen MR) is 166 cm³/mol. The van der Waals surface area contributed by atoms with Crippen LogP contribution >= 0.6 is 0 Å². The Morgan fingerprint density at radius 2 is 1.08 bits per heavy atom. The Labute approximate surface area is 234 Å². The van der Waals surface area contributed by atoms with Crippen molar-refractivity contribution in [1.29, 1.82) is 0 Å². The second-order valence-electron chi connectivity index (χ2n) is 11.1. The minimum Gasteiger partial charge on any atom is -0.457 e. The van der Waals surface area contributed by atoms with Gasteiger partial charge in [0.1, 0.15) is 11.5 Å². The largest absolute Gasteiger partial charge is 0.457 e. The standard InChI is InChI=1S/C38H38O/c1-24-8-13-31(14-9-24)22-32-23-33(19-29(6)30(32)7)35-20-27(4)28(5)21-36(35)37-18-26(3)12-17-38(37)39-34-15-10-25(2)11-16-34/h8-21,23H,22H2,1-7H3. The summed E-state index contributed by atoms with van der Waals surface area (Å²) in [5, 5.41) is 0. The van der Waals surface area contributed by atoms with E-state index in [1.54, 1.807) is 0 Å². The molecule has 0 aliphatic rings. The Morgan fingerprint density at radius 1 is 0.487 bits per heavy atom. The summed E-state index contributed by atoms with van der Waals surface area (Å²) in [5.41, 5.74) is 16.5. The van der Waals surface area contributed by atoms with E-state index in [4.69, 9.17) is 4.74 Å². The minimum atomic E-state index is 0.850. The average Bonchev–Trinajstić information content (AvgIpc) is 2.91. The molecular formula is C38H38O. The summed E-state index contributed by atoms with van der Waals surface area (Å²) in [6.45, 7) is 15.3. The molecule has 0 amide bonds. The first kappa shape index (κ1) is 26.5. The van der Waals surface area contributed by atoms with Crippen LogP contribution in [0.5, 0.6) is 11.5 Å². The van der Waals surface area contributed by atoms with Crippen molar-refractivity contribution in [3.63, 3.8) is 0 Å². The van der Waals surface area contributed by atoms with Crippen molar-refractivity contribution in [3.8, 4) is 33.8 Å². The third-order valence-electron chi connectivity index (χ3n) is 7.91. The Hall–Kier alpha value is -4.10. The second kappa shape index (κ2) is 10.9. The summed E-state index contributed by atoms with van der Waals surface area (Å²) in [5.74, 6) is 1.72. The molecule has 0 aliphatic heterocycles. The third kappa shape index (κ3) is 5.83. The van der Waals surface area contributed by atoms with Crippen LogP contribution in [-0.4, -0.2) is 0 Å². The molecule has 0 unspecified atom stereocenters. The summed E-state index contributed by atoms with van der Waals surface area (Å²) >= 11 is 0. The quantitative estimate of drug-likeness (QED) is 0.221. The van der Waals surface area contributed by atoms with Crippen LogP contribution in [0.15, 0.2) is 91.0 Å². The summed E-state index contributed by atoms with van der Waals surface area (Å²) < 4.78 is 6.49. The molecule has 0 saturated heterocycles. The first-order valence-electron chi connectivity index (χ1n) is 13.8. The van der Waals surface area contributed by atoms with Gasteiger partial charge in [-0.15, -0.1) is 0 Å². The Bertz CT molecular complexity index is 1640. The zero-order valence-electron chi connectivity index (χ0n) is 24.3. The van der Waals surface area contributed by atoms with Gasteiger partial charge in [-0.1, -0.05) is 83.4 Å². The first-order chi connectivity index (χ1) is 18.7. The van der Waals surface area contributed by atoms with E-state index in [0.29, 0.717) is 0 Å². The summed E-state index contributed by atoms with van der Waals surface area (Å²) in [7, 11) is 0. The van der Waals surface area contributed by atoms with Crippen LogP contribution in [0.3, 0.4) is 0 Å². The normalized spacial score (nSPS) is 11.1. The maximum Gasteiger partial charge on any atom is 0.135 e. The van der Waals surface area contributed by atoms with E-state index in [1.807, 2.05) is 12.1 Å². The van der Waals surface area contributed by atoms with Crippen LogP contribution in [0.2, 0.25) is 0 Å². The van der Waals surface area contributed by atoms with Crippen molar-refractivity contribution >= 4 is 0 Å². The van der Waals surface area contributed by atoms with E-state index in [0.717, 1.165) is 23.5 Å². The highest BCUT2D eigenvalue weighted by Gasteiger charge is 2.17. The molecule has 39 heavy (non-hydrogen) atoms. The average molecular weight is 511 g/mol. The van der Waals surface area contributed by atoms with Crippen molar-refractivity contribution in [1.82, 2.24) is 0 Å². The molecule has 0 aromatic heterocycles. The van der Waals surface area contributed by atoms with Gasteiger partial charge in [0, 0.05) is 5.56 Å². The number of rotatable bonds is 6. The van der Waals surface area contributed by atoms with Crippen molar-refractivity contribution < 1.29 is 4.74 Å². The molecule has 0 aliphatic carbocycles. The van der Waals surface area contributed by atoms with Crippen molar-refractivity contribution in [2.24, 2.45) is 0 Å². The first-order valence-corrected chi connectivity index (χ1v) is 13.8. The van der Waals surface area contributed by atoms with Gasteiger partial charge in [0.15, 0.2) is 0 Å². The molecule has 1 heteroatoms. The molecule has 0 N–H and O–H groups in total. The second-order valence-corrected chi connectivity index (χ2v) is 11.1. The predicted octanol–water partition coefficient (Wildman–Crippen LogP) is 10.6. The maximum atomic E-state index is 6.49. The van der Waals surface area contributed by atoms with Gasteiger partial charge in [-0.05, 0) is 129 Å². The van der Waals surface area contributed by atoms with Crippen molar-refractivity contribution in [2.75, 3.05) is 0 Å². The molecular weight excluding hydrogens is 472 g/mol.